The molecule has 6 nitrogen and oxygen atoms in total. The van der Waals surface area contributed by atoms with Crippen molar-refractivity contribution in [3.63, 3.8) is 0 Å². The van der Waals surface area contributed by atoms with Crippen LogP contribution in [0.4, 0.5) is 0 Å². The molecule has 0 saturated carbocycles. The highest BCUT2D eigenvalue weighted by Crippen LogP contribution is 2.28. The Morgan fingerprint density at radius 1 is 0.735 bits per heavy atom. The number of hydrogen-bond acceptors (Lipinski definition) is 6. The zero-order chi connectivity index (χ0) is 33.3. The fraction of sp³-hybridized carbons (Fsp3) is 0.190. The average molecular weight is 674 g/mol. The molecule has 6 aromatic rings. The summed E-state index contributed by atoms with van der Waals surface area (Å²) in [5.41, 5.74) is 3.99. The van der Waals surface area contributed by atoms with E-state index in [1.807, 2.05) is 109 Å². The molecule has 6 rings (SSSR count). The summed E-state index contributed by atoms with van der Waals surface area (Å²) in [6, 6.07) is 46.1. The van der Waals surface area contributed by atoms with Gasteiger partial charge in [-0.25, -0.2) is 0 Å². The first kappa shape index (κ1) is 35.1. The van der Waals surface area contributed by atoms with Crippen molar-refractivity contribution in [3.8, 4) is 17.1 Å². The lowest BCUT2D eigenvalue weighted by atomic mass is 9.91. The molecular formula is C42H40ClNO5. The molecule has 0 amide bonds. The summed E-state index contributed by atoms with van der Waals surface area (Å²) >= 11 is 0. The molecule has 0 aliphatic rings. The van der Waals surface area contributed by atoms with Gasteiger partial charge >= 0.3 is 5.97 Å². The molecule has 1 unspecified atom stereocenters. The van der Waals surface area contributed by atoms with Crippen LogP contribution >= 0.6 is 12.4 Å². The third-order valence-electron chi connectivity index (χ3n) is 8.38. The molecule has 7 heteroatoms. The fourth-order valence-electron chi connectivity index (χ4n) is 5.81. The molecule has 0 aliphatic heterocycles. The van der Waals surface area contributed by atoms with Gasteiger partial charge in [-0.15, -0.1) is 12.4 Å². The first-order valence-electron chi connectivity index (χ1n) is 16.3. The number of esters is 1. The number of nitrogens with zero attached hydrogens (tertiary/aromatic N) is 1. The van der Waals surface area contributed by atoms with E-state index in [9.17, 15) is 9.59 Å². The van der Waals surface area contributed by atoms with Crippen molar-refractivity contribution in [3.05, 3.63) is 173 Å². The predicted molar refractivity (Wildman–Crippen MR) is 197 cm³/mol. The molecule has 0 aliphatic carbocycles. The largest absolute Gasteiger partial charge is 0.490 e. The monoisotopic (exact) mass is 673 g/mol. The highest BCUT2D eigenvalue weighted by Gasteiger charge is 2.29. The van der Waals surface area contributed by atoms with Crippen LogP contribution in [0.1, 0.15) is 36.5 Å². The van der Waals surface area contributed by atoms with Crippen molar-refractivity contribution in [2.75, 3.05) is 13.2 Å². The summed E-state index contributed by atoms with van der Waals surface area (Å²) in [5, 5.41) is 0.465. The van der Waals surface area contributed by atoms with Crippen molar-refractivity contribution < 1.29 is 18.7 Å². The third-order valence-corrected chi connectivity index (χ3v) is 8.38. The Morgan fingerprint density at radius 2 is 1.31 bits per heavy atom. The number of hydrogen-bond donors (Lipinski definition) is 0. The molecule has 0 saturated heterocycles. The summed E-state index contributed by atoms with van der Waals surface area (Å²) in [7, 11) is 0. The van der Waals surface area contributed by atoms with Crippen LogP contribution in [0.3, 0.4) is 0 Å². The molecule has 250 valence electrons. The summed E-state index contributed by atoms with van der Waals surface area (Å²) in [6.07, 6.45) is -0.600. The van der Waals surface area contributed by atoms with Crippen LogP contribution in [-0.4, -0.2) is 36.2 Å². The molecule has 49 heavy (non-hydrogen) atoms. The number of halogens is 1. The van der Waals surface area contributed by atoms with Crippen molar-refractivity contribution in [1.29, 1.82) is 0 Å². The van der Waals surface area contributed by atoms with Gasteiger partial charge < -0.3 is 13.9 Å². The van der Waals surface area contributed by atoms with Crippen LogP contribution in [0.2, 0.25) is 0 Å². The summed E-state index contributed by atoms with van der Waals surface area (Å²) in [4.78, 5) is 29.3. The Morgan fingerprint density at radius 3 is 1.90 bits per heavy atom. The Balaban J connectivity index is 0.00000468. The van der Waals surface area contributed by atoms with Crippen LogP contribution in [0.25, 0.3) is 22.3 Å². The Bertz CT molecular complexity index is 1940. The van der Waals surface area contributed by atoms with Crippen LogP contribution < -0.4 is 10.2 Å². The minimum absolute atomic E-state index is 0. The number of ether oxygens (including phenoxy) is 2. The van der Waals surface area contributed by atoms with Gasteiger partial charge in [0, 0.05) is 36.8 Å². The lowest BCUT2D eigenvalue weighted by Crippen LogP contribution is -2.42. The number of rotatable bonds is 13. The SMILES string of the molecule is CC(C)N(Cc1ccccc1)CC(COc1ccc2c(=O)cc(-c3ccccc3)oc2c1)OC(=O)C(c1ccccc1)c1ccccc1.Cl. The number of benzene rings is 5. The van der Waals surface area contributed by atoms with Gasteiger partial charge in [-0.05, 0) is 42.7 Å². The molecule has 1 heterocycles. The maximum absolute atomic E-state index is 14.1. The Kier molecular flexibility index (Phi) is 12.0. The van der Waals surface area contributed by atoms with Crippen molar-refractivity contribution >= 4 is 29.3 Å². The zero-order valence-corrected chi connectivity index (χ0v) is 28.4. The molecule has 0 N–H and O–H groups in total. The van der Waals surface area contributed by atoms with E-state index in [0.717, 1.165) is 16.7 Å². The average Bonchev–Trinajstić information content (AvgIpc) is 3.12. The summed E-state index contributed by atoms with van der Waals surface area (Å²) < 4.78 is 18.8. The van der Waals surface area contributed by atoms with E-state index in [-0.39, 0.29) is 36.5 Å². The van der Waals surface area contributed by atoms with Crippen LogP contribution in [-0.2, 0) is 16.1 Å². The van der Waals surface area contributed by atoms with Gasteiger partial charge in [-0.3, -0.25) is 14.5 Å². The second-order valence-corrected chi connectivity index (χ2v) is 12.1. The second kappa shape index (κ2) is 16.8. The van der Waals surface area contributed by atoms with Crippen molar-refractivity contribution in [1.82, 2.24) is 4.90 Å². The van der Waals surface area contributed by atoms with Gasteiger partial charge in [0.2, 0.25) is 0 Å². The van der Waals surface area contributed by atoms with Crippen LogP contribution in [0.15, 0.2) is 155 Å². The highest BCUT2D eigenvalue weighted by molar-refractivity contribution is 5.85. The van der Waals surface area contributed by atoms with E-state index in [1.165, 1.54) is 11.6 Å². The molecular weight excluding hydrogens is 634 g/mol. The number of carbonyl (C=O) groups is 1. The van der Waals surface area contributed by atoms with Gasteiger partial charge in [0.15, 0.2) is 5.43 Å². The number of carbonyl (C=O) groups excluding carboxylic acids is 1. The van der Waals surface area contributed by atoms with Crippen LogP contribution in [0, 0.1) is 0 Å². The van der Waals surface area contributed by atoms with E-state index in [4.69, 9.17) is 13.9 Å². The van der Waals surface area contributed by atoms with Gasteiger partial charge in [0.25, 0.3) is 0 Å². The molecule has 1 atom stereocenters. The first-order chi connectivity index (χ1) is 23.4. The summed E-state index contributed by atoms with van der Waals surface area (Å²) in [5.74, 6) is 0.0569. The quantitative estimate of drug-likeness (QED) is 0.114. The lowest BCUT2D eigenvalue weighted by molar-refractivity contribution is -0.152. The Hall–Kier alpha value is -5.17. The highest BCUT2D eigenvalue weighted by atomic mass is 35.5. The van der Waals surface area contributed by atoms with Gasteiger partial charge in [-0.1, -0.05) is 121 Å². The molecule has 0 bridgehead atoms. The minimum atomic E-state index is -0.600. The fourth-order valence-corrected chi connectivity index (χ4v) is 5.81. The third kappa shape index (κ3) is 9.05. The smallest absolute Gasteiger partial charge is 0.318 e. The van der Waals surface area contributed by atoms with Gasteiger partial charge in [-0.2, -0.15) is 0 Å². The van der Waals surface area contributed by atoms with Crippen LogP contribution in [0.5, 0.6) is 5.75 Å². The first-order valence-corrected chi connectivity index (χ1v) is 16.3. The molecule has 1 aromatic heterocycles. The van der Waals surface area contributed by atoms with Crippen molar-refractivity contribution in [2.45, 2.75) is 38.5 Å². The van der Waals surface area contributed by atoms with E-state index in [2.05, 4.69) is 30.9 Å². The second-order valence-electron chi connectivity index (χ2n) is 12.1. The Labute approximate surface area is 293 Å². The molecule has 0 fully saturated rings. The number of fused-ring (bicyclic) bond motifs is 1. The van der Waals surface area contributed by atoms with Gasteiger partial charge in [0.05, 0.1) is 5.39 Å². The van der Waals surface area contributed by atoms with Gasteiger partial charge in [0.1, 0.15) is 35.7 Å². The standard InChI is InChI=1S/C42H39NO5.ClH/c1-30(2)43(27-31-15-7-3-8-16-31)28-36(47-42(45)41(33-19-11-5-12-20-33)34-21-13-6-14-22-34)29-46-35-23-24-37-38(44)26-39(48-40(37)25-35)32-17-9-4-10-18-32;/h3-26,30,36,41H,27-29H2,1-2H3;1H. The lowest BCUT2D eigenvalue weighted by Gasteiger charge is -2.31. The minimum Gasteiger partial charge on any atom is -0.490 e. The molecule has 0 spiro atoms. The zero-order valence-electron chi connectivity index (χ0n) is 27.6. The molecule has 0 radical (unpaired) electrons. The van der Waals surface area contributed by atoms with E-state index >= 15 is 0 Å². The molecule has 5 aromatic carbocycles. The van der Waals surface area contributed by atoms with Crippen molar-refractivity contribution in [2.24, 2.45) is 0 Å². The topological polar surface area (TPSA) is 69.0 Å². The normalized spacial score (nSPS) is 11.8. The summed E-state index contributed by atoms with van der Waals surface area (Å²) in [6.45, 7) is 5.52. The maximum atomic E-state index is 14.1. The maximum Gasteiger partial charge on any atom is 0.318 e. The van der Waals surface area contributed by atoms with E-state index < -0.39 is 12.0 Å². The van der Waals surface area contributed by atoms with E-state index in [0.29, 0.717) is 35.6 Å². The van der Waals surface area contributed by atoms with E-state index in [1.54, 1.807) is 18.2 Å². The predicted octanol–water partition coefficient (Wildman–Crippen LogP) is 8.92.